The molecule has 0 unspecified atom stereocenters. The molecule has 4 amide bonds. The van der Waals surface area contributed by atoms with Crippen LogP contribution >= 0.6 is 0 Å². The number of benzene rings is 1. The smallest absolute Gasteiger partial charge is 0.246 e. The quantitative estimate of drug-likeness (QED) is 0.323. The second kappa shape index (κ2) is 15.0. The van der Waals surface area contributed by atoms with Gasteiger partial charge in [-0.25, -0.2) is 0 Å². The number of likely N-dealkylation sites (N-methyl/N-ethyl adjacent to an activating group) is 1. The second-order valence-electron chi connectivity index (χ2n) is 11.5. The van der Waals surface area contributed by atoms with Crippen molar-refractivity contribution in [3.8, 4) is 0 Å². The summed E-state index contributed by atoms with van der Waals surface area (Å²) >= 11 is 0. The third-order valence-electron chi connectivity index (χ3n) is 8.06. The van der Waals surface area contributed by atoms with Crippen molar-refractivity contribution >= 4 is 23.6 Å². The highest BCUT2D eigenvalue weighted by molar-refractivity contribution is 5.94. The number of likely N-dealkylation sites (tertiary alicyclic amines) is 1. The highest BCUT2D eigenvalue weighted by Crippen LogP contribution is 2.27. The summed E-state index contributed by atoms with van der Waals surface area (Å²) in [5.41, 5.74) is 1.12. The summed E-state index contributed by atoms with van der Waals surface area (Å²) in [6.45, 7) is 6.17. The zero-order chi connectivity index (χ0) is 28.4. The normalized spacial score (nSPS) is 21.3. The van der Waals surface area contributed by atoms with Crippen molar-refractivity contribution in [2.75, 3.05) is 20.1 Å². The van der Waals surface area contributed by atoms with Gasteiger partial charge in [0.1, 0.15) is 12.1 Å². The molecule has 216 valence electrons. The maximum absolute atomic E-state index is 13.8. The summed E-state index contributed by atoms with van der Waals surface area (Å²) in [6, 6.07) is 7.65. The van der Waals surface area contributed by atoms with Crippen LogP contribution in [0.5, 0.6) is 0 Å². The Morgan fingerprint density at radius 2 is 1.69 bits per heavy atom. The van der Waals surface area contributed by atoms with Crippen LogP contribution in [0.4, 0.5) is 0 Å². The van der Waals surface area contributed by atoms with Crippen LogP contribution in [0.25, 0.3) is 0 Å². The van der Waals surface area contributed by atoms with Gasteiger partial charge in [0.2, 0.25) is 23.6 Å². The molecule has 1 saturated heterocycles. The van der Waals surface area contributed by atoms with Gasteiger partial charge >= 0.3 is 0 Å². The van der Waals surface area contributed by atoms with Crippen molar-refractivity contribution in [2.24, 2.45) is 11.8 Å². The third-order valence-corrected chi connectivity index (χ3v) is 8.06. The maximum Gasteiger partial charge on any atom is 0.246 e. The highest BCUT2D eigenvalue weighted by atomic mass is 16.2. The van der Waals surface area contributed by atoms with E-state index in [1.54, 1.807) is 18.9 Å². The van der Waals surface area contributed by atoms with E-state index in [4.69, 9.17) is 0 Å². The Morgan fingerprint density at radius 1 is 1.00 bits per heavy atom. The van der Waals surface area contributed by atoms with Crippen LogP contribution in [0.3, 0.4) is 0 Å². The molecule has 1 aliphatic carbocycles. The zero-order valence-corrected chi connectivity index (χ0v) is 24.0. The lowest BCUT2D eigenvalue weighted by Gasteiger charge is -2.31. The lowest BCUT2D eigenvalue weighted by atomic mass is 9.87. The predicted octanol–water partition coefficient (Wildman–Crippen LogP) is 2.15. The van der Waals surface area contributed by atoms with Gasteiger partial charge in [-0.2, -0.15) is 0 Å². The van der Waals surface area contributed by atoms with Crippen LogP contribution in [0.2, 0.25) is 0 Å². The van der Waals surface area contributed by atoms with Crippen LogP contribution in [-0.4, -0.2) is 72.8 Å². The van der Waals surface area contributed by atoms with Gasteiger partial charge in [0.05, 0.1) is 6.04 Å². The molecule has 1 heterocycles. The summed E-state index contributed by atoms with van der Waals surface area (Å²) in [4.78, 5) is 54.2. The molecule has 4 atom stereocenters. The number of nitrogens with zero attached hydrogens (tertiary/aromatic N) is 1. The molecule has 0 spiro atoms. The molecule has 1 saturated carbocycles. The molecule has 9 heteroatoms. The van der Waals surface area contributed by atoms with E-state index < -0.39 is 18.1 Å². The van der Waals surface area contributed by atoms with Gasteiger partial charge in [-0.3, -0.25) is 19.2 Å². The number of carbonyl (C=O) groups is 4. The fourth-order valence-electron chi connectivity index (χ4n) is 5.57. The van der Waals surface area contributed by atoms with Crippen molar-refractivity contribution in [1.82, 2.24) is 26.2 Å². The molecular formula is C30H47N5O4. The van der Waals surface area contributed by atoms with Gasteiger partial charge in [-0.05, 0) is 57.1 Å². The largest absolute Gasteiger partial charge is 0.354 e. The fourth-order valence-corrected chi connectivity index (χ4v) is 5.57. The molecule has 9 nitrogen and oxygen atoms in total. The monoisotopic (exact) mass is 541 g/mol. The summed E-state index contributed by atoms with van der Waals surface area (Å²) in [5, 5.41) is 11.9. The van der Waals surface area contributed by atoms with E-state index in [1.165, 1.54) is 19.3 Å². The van der Waals surface area contributed by atoms with Gasteiger partial charge < -0.3 is 26.2 Å². The zero-order valence-electron chi connectivity index (χ0n) is 24.0. The minimum absolute atomic E-state index is 0.0130. The molecular weight excluding hydrogens is 494 g/mol. The number of hydrogen-bond donors (Lipinski definition) is 4. The molecule has 1 aromatic rings. The van der Waals surface area contributed by atoms with Crippen molar-refractivity contribution in [2.45, 2.75) is 96.3 Å². The Bertz CT molecular complexity index is 963. The molecule has 1 aromatic carbocycles. The summed E-state index contributed by atoms with van der Waals surface area (Å²) in [7, 11) is 1.69. The van der Waals surface area contributed by atoms with Gasteiger partial charge in [0.15, 0.2) is 0 Å². The molecule has 2 fully saturated rings. The van der Waals surface area contributed by atoms with Crippen LogP contribution in [0.1, 0.15) is 71.3 Å². The SMILES string of the molecule is CN[C@@H](C)C(=O)N[C@H](C(=O)N1C[C@@H](NC(=O)CC2CCCCC2)C[C@H]1C(=O)NCCc1ccccc1)C(C)C. The summed E-state index contributed by atoms with van der Waals surface area (Å²) < 4.78 is 0. The predicted molar refractivity (Wildman–Crippen MR) is 152 cm³/mol. The topological polar surface area (TPSA) is 120 Å². The lowest BCUT2D eigenvalue weighted by Crippen LogP contribution is -2.57. The molecule has 2 aliphatic rings. The molecule has 0 radical (unpaired) electrons. The van der Waals surface area contributed by atoms with E-state index in [0.717, 1.165) is 18.4 Å². The number of carbonyl (C=O) groups excluding carboxylic acids is 4. The van der Waals surface area contributed by atoms with Crippen molar-refractivity contribution in [3.63, 3.8) is 0 Å². The van der Waals surface area contributed by atoms with Crippen LogP contribution < -0.4 is 21.3 Å². The lowest BCUT2D eigenvalue weighted by molar-refractivity contribution is -0.142. The van der Waals surface area contributed by atoms with Gasteiger partial charge in [0.25, 0.3) is 0 Å². The summed E-state index contributed by atoms with van der Waals surface area (Å²) in [6.07, 6.45) is 7.26. The Hall–Kier alpha value is -2.94. The molecule has 4 N–H and O–H groups in total. The first-order valence-corrected chi connectivity index (χ1v) is 14.6. The molecule has 39 heavy (non-hydrogen) atoms. The van der Waals surface area contributed by atoms with E-state index in [-0.39, 0.29) is 42.1 Å². The van der Waals surface area contributed by atoms with Gasteiger partial charge in [-0.1, -0.05) is 63.4 Å². The fraction of sp³-hybridized carbons (Fsp3) is 0.667. The Kier molecular flexibility index (Phi) is 11.8. The summed E-state index contributed by atoms with van der Waals surface area (Å²) in [5.74, 6) is -0.586. The van der Waals surface area contributed by atoms with Gasteiger partial charge in [-0.15, -0.1) is 0 Å². The molecule has 1 aliphatic heterocycles. The van der Waals surface area contributed by atoms with Gasteiger partial charge in [0, 0.05) is 25.6 Å². The average molecular weight is 542 g/mol. The minimum atomic E-state index is -0.774. The standard InChI is InChI=1S/C30H47N5O4/c1-20(2)27(34-28(37)21(3)31-4)30(39)35-19-24(33-26(36)17-23-13-9-6-10-14-23)18-25(35)29(38)32-16-15-22-11-7-5-8-12-22/h5,7-8,11-12,20-21,23-25,27,31H,6,9-10,13-19H2,1-4H3,(H,32,38)(H,33,36)(H,34,37)/t21-,24-,25-,27-/m0/s1. The van der Waals surface area contributed by atoms with Crippen LogP contribution in [0, 0.1) is 11.8 Å². The van der Waals surface area contributed by atoms with Crippen LogP contribution in [-0.2, 0) is 25.6 Å². The number of rotatable bonds is 12. The van der Waals surface area contributed by atoms with E-state index in [0.29, 0.717) is 31.7 Å². The van der Waals surface area contributed by atoms with E-state index in [9.17, 15) is 19.2 Å². The first-order chi connectivity index (χ1) is 18.7. The first kappa shape index (κ1) is 30.6. The molecule has 0 bridgehead atoms. The highest BCUT2D eigenvalue weighted by Gasteiger charge is 2.43. The van der Waals surface area contributed by atoms with Crippen molar-refractivity contribution in [1.29, 1.82) is 0 Å². The van der Waals surface area contributed by atoms with Crippen LogP contribution in [0.15, 0.2) is 30.3 Å². The van der Waals surface area contributed by atoms with E-state index >= 15 is 0 Å². The maximum atomic E-state index is 13.8. The Morgan fingerprint density at radius 3 is 2.33 bits per heavy atom. The number of hydrogen-bond acceptors (Lipinski definition) is 5. The minimum Gasteiger partial charge on any atom is -0.354 e. The average Bonchev–Trinajstić information content (AvgIpc) is 3.35. The van der Waals surface area contributed by atoms with Crippen molar-refractivity contribution in [3.05, 3.63) is 35.9 Å². The van der Waals surface area contributed by atoms with Crippen molar-refractivity contribution < 1.29 is 19.2 Å². The first-order valence-electron chi connectivity index (χ1n) is 14.6. The molecule has 3 rings (SSSR count). The Labute approximate surface area is 233 Å². The number of amides is 4. The Balaban J connectivity index is 1.69. The molecule has 0 aromatic heterocycles. The third kappa shape index (κ3) is 9.05. The number of nitrogens with one attached hydrogen (secondary N) is 4. The van der Waals surface area contributed by atoms with E-state index in [2.05, 4.69) is 21.3 Å². The van der Waals surface area contributed by atoms with E-state index in [1.807, 2.05) is 44.2 Å². The second-order valence-corrected chi connectivity index (χ2v) is 11.5.